The Morgan fingerprint density at radius 1 is 1.04 bits per heavy atom. The van der Waals surface area contributed by atoms with Crippen LogP contribution in [0.15, 0.2) is 58.9 Å². The van der Waals surface area contributed by atoms with Crippen LogP contribution < -0.4 is 5.73 Å². The van der Waals surface area contributed by atoms with E-state index in [1.54, 1.807) is 28.4 Å². The van der Waals surface area contributed by atoms with Gasteiger partial charge in [0, 0.05) is 12.2 Å². The monoisotopic (exact) mass is 386 g/mol. The van der Waals surface area contributed by atoms with Gasteiger partial charge < -0.3 is 5.73 Å². The van der Waals surface area contributed by atoms with Crippen LogP contribution in [0.25, 0.3) is 4.96 Å². The first-order chi connectivity index (χ1) is 12.7. The van der Waals surface area contributed by atoms with Crippen molar-refractivity contribution in [2.45, 2.75) is 22.6 Å². The summed E-state index contributed by atoms with van der Waals surface area (Å²) in [5.41, 5.74) is 6.51. The fraction of sp³-hybridized carbons (Fsp3) is 0.167. The van der Waals surface area contributed by atoms with Gasteiger partial charge in [-0.15, -0.1) is 15.3 Å². The van der Waals surface area contributed by atoms with Gasteiger partial charge in [-0.2, -0.15) is 4.52 Å². The van der Waals surface area contributed by atoms with Gasteiger partial charge >= 0.3 is 0 Å². The maximum atomic E-state index is 13.0. The van der Waals surface area contributed by atoms with Crippen LogP contribution in [-0.2, 0) is 12.2 Å². The molecule has 0 unspecified atom stereocenters. The van der Waals surface area contributed by atoms with Crippen LogP contribution in [0.4, 0.5) is 4.39 Å². The van der Waals surface area contributed by atoms with E-state index >= 15 is 0 Å². The van der Waals surface area contributed by atoms with Crippen molar-refractivity contribution in [3.63, 3.8) is 0 Å². The predicted molar refractivity (Wildman–Crippen MR) is 100 cm³/mol. The van der Waals surface area contributed by atoms with E-state index in [-0.39, 0.29) is 11.9 Å². The summed E-state index contributed by atoms with van der Waals surface area (Å²) in [6.45, 7) is 0. The van der Waals surface area contributed by atoms with Crippen molar-refractivity contribution in [3.8, 4) is 0 Å². The van der Waals surface area contributed by atoms with Crippen LogP contribution in [0.3, 0.4) is 0 Å². The van der Waals surface area contributed by atoms with E-state index in [4.69, 9.17) is 0 Å². The number of hydrogen-bond donors (Lipinski definition) is 1. The second kappa shape index (κ2) is 7.53. The minimum Gasteiger partial charge on any atom is -0.348 e. The van der Waals surface area contributed by atoms with E-state index in [1.165, 1.54) is 29.0 Å². The van der Waals surface area contributed by atoms with Gasteiger partial charge in [-0.1, -0.05) is 65.6 Å². The molecule has 4 aromatic rings. The van der Waals surface area contributed by atoms with E-state index in [1.807, 2.05) is 18.2 Å². The molecule has 0 radical (unpaired) electrons. The molecule has 1 atom stereocenters. The topological polar surface area (TPSA) is 70.7 Å². The predicted octanol–water partition coefficient (Wildman–Crippen LogP) is 3.14. The Balaban J connectivity index is 1.48. The summed E-state index contributed by atoms with van der Waals surface area (Å²) in [6.07, 6.45) is 0.789. The van der Waals surface area contributed by atoms with Crippen molar-refractivity contribution in [3.05, 3.63) is 77.4 Å². The van der Waals surface area contributed by atoms with Crippen LogP contribution in [-0.4, -0.2) is 19.8 Å². The van der Waals surface area contributed by atoms with Crippen molar-refractivity contribution in [1.29, 1.82) is 0 Å². The van der Waals surface area contributed by atoms with E-state index in [2.05, 4.69) is 33.2 Å². The van der Waals surface area contributed by atoms with Gasteiger partial charge in [0.05, 0.1) is 0 Å². The number of quaternary nitrogens is 1. The lowest BCUT2D eigenvalue weighted by atomic mass is 10.1. The quantitative estimate of drug-likeness (QED) is 0.517. The van der Waals surface area contributed by atoms with Crippen LogP contribution in [0.5, 0.6) is 0 Å². The molecule has 0 amide bonds. The standard InChI is InChI=1S/C18H16FN5S2/c19-14-8-6-13(7-9-14)11-25-18-23-24-16(21-22-17(24)26-18)15(20)10-12-4-2-1-3-5-12/h1-9,15H,10-11,20H2/p+1/t15-/m0/s1. The average molecular weight is 387 g/mol. The highest BCUT2D eigenvalue weighted by Gasteiger charge is 2.21. The van der Waals surface area contributed by atoms with Gasteiger partial charge in [0.2, 0.25) is 10.8 Å². The molecule has 26 heavy (non-hydrogen) atoms. The second-order valence-corrected chi connectivity index (χ2v) is 8.10. The third-order valence-corrected chi connectivity index (χ3v) is 6.07. The average Bonchev–Trinajstić information content (AvgIpc) is 3.22. The summed E-state index contributed by atoms with van der Waals surface area (Å²) >= 11 is 3.11. The molecule has 0 bridgehead atoms. The first-order valence-corrected chi connectivity index (χ1v) is 9.95. The SMILES string of the molecule is [NH3+][C@@H](Cc1ccccc1)c1nnc2sc(SCc3ccc(F)cc3)nn12. The van der Waals surface area contributed by atoms with Gasteiger partial charge in [-0.05, 0) is 23.3 Å². The molecule has 2 aromatic carbocycles. The summed E-state index contributed by atoms with van der Waals surface area (Å²) in [5, 5.41) is 13.1. The smallest absolute Gasteiger partial charge is 0.235 e. The number of rotatable bonds is 6. The Bertz CT molecular complexity index is 998. The first kappa shape index (κ1) is 17.1. The highest BCUT2D eigenvalue weighted by atomic mass is 32.2. The molecular weight excluding hydrogens is 369 g/mol. The molecule has 0 aliphatic rings. The van der Waals surface area contributed by atoms with Gasteiger partial charge in [0.25, 0.3) is 0 Å². The summed E-state index contributed by atoms with van der Waals surface area (Å²) in [4.78, 5) is 0.767. The minimum absolute atomic E-state index is 0.0237. The van der Waals surface area contributed by atoms with Crippen molar-refractivity contribution >= 4 is 28.1 Å². The Hall–Kier alpha value is -2.29. The number of benzene rings is 2. The van der Waals surface area contributed by atoms with E-state index in [0.29, 0.717) is 0 Å². The number of aromatic nitrogens is 4. The van der Waals surface area contributed by atoms with Crippen LogP contribution in [0.1, 0.15) is 23.0 Å². The van der Waals surface area contributed by atoms with Crippen molar-refractivity contribution in [1.82, 2.24) is 19.8 Å². The Morgan fingerprint density at radius 2 is 1.81 bits per heavy atom. The lowest BCUT2D eigenvalue weighted by molar-refractivity contribution is -0.428. The summed E-state index contributed by atoms with van der Waals surface area (Å²) in [7, 11) is 0. The summed E-state index contributed by atoms with van der Waals surface area (Å²) in [5.74, 6) is 1.29. The molecule has 5 nitrogen and oxygen atoms in total. The third-order valence-electron chi connectivity index (χ3n) is 3.96. The number of thioether (sulfide) groups is 1. The fourth-order valence-electron chi connectivity index (χ4n) is 2.64. The van der Waals surface area contributed by atoms with Crippen LogP contribution in [0, 0.1) is 5.82 Å². The fourth-order valence-corrected chi connectivity index (χ4v) is 4.48. The molecule has 2 heterocycles. The van der Waals surface area contributed by atoms with Crippen molar-refractivity contribution < 1.29 is 10.1 Å². The van der Waals surface area contributed by atoms with Gasteiger partial charge in [0.15, 0.2) is 10.4 Å². The Kier molecular flexibility index (Phi) is 4.96. The number of halogens is 1. The Morgan fingerprint density at radius 3 is 2.58 bits per heavy atom. The first-order valence-electron chi connectivity index (χ1n) is 8.15. The van der Waals surface area contributed by atoms with E-state index in [9.17, 15) is 4.39 Å². The third kappa shape index (κ3) is 3.77. The maximum absolute atomic E-state index is 13.0. The molecule has 3 N–H and O–H groups in total. The summed E-state index contributed by atoms with van der Waals surface area (Å²) < 4.78 is 15.7. The molecule has 0 saturated heterocycles. The largest absolute Gasteiger partial charge is 0.348 e. The van der Waals surface area contributed by atoms with Crippen molar-refractivity contribution in [2.24, 2.45) is 0 Å². The summed E-state index contributed by atoms with van der Waals surface area (Å²) in [6, 6.07) is 16.7. The van der Waals surface area contributed by atoms with E-state index in [0.717, 1.165) is 32.9 Å². The molecule has 2 aromatic heterocycles. The highest BCUT2D eigenvalue weighted by molar-refractivity contribution is 8.00. The lowest BCUT2D eigenvalue weighted by Crippen LogP contribution is -2.55. The van der Waals surface area contributed by atoms with Crippen LogP contribution >= 0.6 is 23.1 Å². The number of hydrogen-bond acceptors (Lipinski definition) is 5. The normalized spacial score (nSPS) is 12.5. The molecule has 0 saturated carbocycles. The molecule has 0 aliphatic carbocycles. The molecule has 8 heteroatoms. The maximum Gasteiger partial charge on any atom is 0.235 e. The Labute approximate surface area is 158 Å². The molecule has 0 spiro atoms. The van der Waals surface area contributed by atoms with E-state index < -0.39 is 0 Å². The molecule has 0 fully saturated rings. The zero-order chi connectivity index (χ0) is 17.9. The lowest BCUT2D eigenvalue weighted by Gasteiger charge is -2.05. The minimum atomic E-state index is -0.220. The zero-order valence-corrected chi connectivity index (χ0v) is 15.5. The highest BCUT2D eigenvalue weighted by Crippen LogP contribution is 2.28. The number of nitrogens with zero attached hydrogens (tertiary/aromatic N) is 4. The second-order valence-electron chi connectivity index (χ2n) is 5.92. The van der Waals surface area contributed by atoms with Gasteiger partial charge in [-0.25, -0.2) is 4.39 Å². The number of fused-ring (bicyclic) bond motifs is 1. The zero-order valence-electron chi connectivity index (χ0n) is 13.9. The van der Waals surface area contributed by atoms with Gasteiger partial charge in [-0.3, -0.25) is 0 Å². The van der Waals surface area contributed by atoms with Crippen molar-refractivity contribution in [2.75, 3.05) is 0 Å². The molecular formula is C18H17FN5S2+. The molecule has 132 valence electrons. The molecule has 0 aliphatic heterocycles. The van der Waals surface area contributed by atoms with Gasteiger partial charge in [0.1, 0.15) is 5.82 Å². The molecule has 4 rings (SSSR count). The van der Waals surface area contributed by atoms with Crippen LogP contribution in [0.2, 0.25) is 0 Å².